The minimum Gasteiger partial charge on any atom is -0.450 e. The van der Waals surface area contributed by atoms with E-state index in [1.807, 2.05) is 37.5 Å². The molecule has 3 fully saturated rings. The van der Waals surface area contributed by atoms with Crippen molar-refractivity contribution in [1.82, 2.24) is 14.7 Å². The van der Waals surface area contributed by atoms with Crippen molar-refractivity contribution in [3.63, 3.8) is 0 Å². The van der Waals surface area contributed by atoms with E-state index in [2.05, 4.69) is 29.2 Å². The van der Waals surface area contributed by atoms with Crippen LogP contribution >= 0.6 is 0 Å². The summed E-state index contributed by atoms with van der Waals surface area (Å²) in [6.45, 7) is 12.6. The predicted octanol–water partition coefficient (Wildman–Crippen LogP) is 5.20. The van der Waals surface area contributed by atoms with Gasteiger partial charge in [-0.2, -0.15) is 0 Å². The highest BCUT2D eigenvalue weighted by Crippen LogP contribution is 2.51. The van der Waals surface area contributed by atoms with Gasteiger partial charge in [0.05, 0.1) is 12.6 Å². The van der Waals surface area contributed by atoms with E-state index < -0.39 is 5.60 Å². The average Bonchev–Trinajstić information content (AvgIpc) is 3.40. The zero-order valence-corrected chi connectivity index (χ0v) is 21.8. The molecule has 0 bridgehead atoms. The second-order valence-electron chi connectivity index (χ2n) is 12.1. The Morgan fingerprint density at radius 1 is 1.06 bits per heavy atom. The Morgan fingerprint density at radius 3 is 2.46 bits per heavy atom. The number of piperidine rings is 1. The Kier molecular flexibility index (Phi) is 6.49. The van der Waals surface area contributed by atoms with Crippen molar-refractivity contribution in [3.05, 3.63) is 35.4 Å². The molecule has 1 aromatic carbocycles. The average molecular weight is 484 g/mol. The van der Waals surface area contributed by atoms with E-state index in [0.29, 0.717) is 30.5 Å². The first kappa shape index (κ1) is 24.4. The molecule has 7 heteroatoms. The number of fused-ring (bicyclic) bond motifs is 1. The van der Waals surface area contributed by atoms with Gasteiger partial charge in [-0.1, -0.05) is 24.3 Å². The molecule has 1 atom stereocenters. The molecule has 3 heterocycles. The van der Waals surface area contributed by atoms with Gasteiger partial charge in [-0.3, -0.25) is 4.90 Å². The lowest BCUT2D eigenvalue weighted by molar-refractivity contribution is -0.0227. The van der Waals surface area contributed by atoms with Crippen molar-refractivity contribution in [2.45, 2.75) is 84.0 Å². The first-order chi connectivity index (χ1) is 16.7. The van der Waals surface area contributed by atoms with Gasteiger partial charge in [0.1, 0.15) is 5.60 Å². The number of rotatable bonds is 3. The molecule has 1 spiro atoms. The molecule has 2 amide bonds. The highest BCUT2D eigenvalue weighted by atomic mass is 16.6. The summed E-state index contributed by atoms with van der Waals surface area (Å²) in [5.41, 5.74) is 2.35. The van der Waals surface area contributed by atoms with E-state index >= 15 is 0 Å². The molecule has 0 aromatic heterocycles. The van der Waals surface area contributed by atoms with Crippen LogP contribution in [0.1, 0.15) is 77.0 Å². The van der Waals surface area contributed by atoms with Gasteiger partial charge in [0, 0.05) is 25.7 Å². The SMILES string of the molecule is CCOC(=O)N1CCC2(CC(N3CCC(C4c5ccccc5CN4C(=O)OC(C)(C)C)CC3)C2)C1. The summed E-state index contributed by atoms with van der Waals surface area (Å²) in [7, 11) is 0. The standard InChI is InChI=1S/C28H41N3O4/c1-5-34-25(32)30-15-12-28(19-30)16-22(17-28)29-13-10-20(11-14-29)24-23-9-7-6-8-21(23)18-31(24)26(33)35-27(2,3)4/h6-9,20,22,24H,5,10-19H2,1-4H3. The van der Waals surface area contributed by atoms with Crippen LogP contribution in [-0.4, -0.2) is 71.3 Å². The lowest BCUT2D eigenvalue weighted by Crippen LogP contribution is -2.54. The summed E-state index contributed by atoms with van der Waals surface area (Å²) >= 11 is 0. The summed E-state index contributed by atoms with van der Waals surface area (Å²) in [5.74, 6) is 0.447. The molecular formula is C28H41N3O4. The van der Waals surface area contributed by atoms with Gasteiger partial charge < -0.3 is 19.3 Å². The van der Waals surface area contributed by atoms with E-state index in [1.165, 1.54) is 24.0 Å². The second kappa shape index (κ2) is 9.30. The molecule has 0 N–H and O–H groups in total. The maximum absolute atomic E-state index is 13.1. The number of ether oxygens (including phenoxy) is 2. The van der Waals surface area contributed by atoms with Crippen molar-refractivity contribution in [3.8, 4) is 0 Å². The third kappa shape index (κ3) is 4.89. The lowest BCUT2D eigenvalue weighted by atomic mass is 9.64. The largest absolute Gasteiger partial charge is 0.450 e. The molecule has 35 heavy (non-hydrogen) atoms. The third-order valence-electron chi connectivity index (χ3n) is 8.52. The number of carbonyl (C=O) groups excluding carboxylic acids is 2. The quantitative estimate of drug-likeness (QED) is 0.591. The molecule has 2 saturated heterocycles. The van der Waals surface area contributed by atoms with Crippen LogP contribution in [0, 0.1) is 11.3 Å². The van der Waals surface area contributed by atoms with Gasteiger partial charge in [0.25, 0.3) is 0 Å². The number of hydrogen-bond acceptors (Lipinski definition) is 5. The Morgan fingerprint density at radius 2 is 1.77 bits per heavy atom. The number of nitrogens with zero attached hydrogens (tertiary/aromatic N) is 3. The van der Waals surface area contributed by atoms with Crippen molar-refractivity contribution in [1.29, 1.82) is 0 Å². The Balaban J connectivity index is 1.18. The topological polar surface area (TPSA) is 62.3 Å². The highest BCUT2D eigenvalue weighted by Gasteiger charge is 2.52. The summed E-state index contributed by atoms with van der Waals surface area (Å²) in [5, 5.41) is 0. The molecule has 1 saturated carbocycles. The smallest absolute Gasteiger partial charge is 0.411 e. The van der Waals surface area contributed by atoms with Gasteiger partial charge in [-0.25, -0.2) is 9.59 Å². The predicted molar refractivity (Wildman–Crippen MR) is 134 cm³/mol. The van der Waals surface area contributed by atoms with Crippen LogP contribution < -0.4 is 0 Å². The van der Waals surface area contributed by atoms with Crippen LogP contribution in [0.25, 0.3) is 0 Å². The maximum Gasteiger partial charge on any atom is 0.411 e. The van der Waals surface area contributed by atoms with Crippen molar-refractivity contribution >= 4 is 12.2 Å². The fraction of sp³-hybridized carbons (Fsp3) is 0.714. The Bertz CT molecular complexity index is 944. The van der Waals surface area contributed by atoms with Crippen LogP contribution in [0.4, 0.5) is 9.59 Å². The van der Waals surface area contributed by atoms with E-state index in [1.54, 1.807) is 0 Å². The molecule has 0 radical (unpaired) electrons. The van der Waals surface area contributed by atoms with Crippen LogP contribution in [0.2, 0.25) is 0 Å². The molecule has 5 rings (SSSR count). The molecular weight excluding hydrogens is 442 g/mol. The molecule has 3 aliphatic heterocycles. The number of likely N-dealkylation sites (tertiary alicyclic amines) is 2. The van der Waals surface area contributed by atoms with E-state index in [0.717, 1.165) is 45.4 Å². The number of benzene rings is 1. The summed E-state index contributed by atoms with van der Waals surface area (Å²) in [6.07, 6.45) is 5.30. The van der Waals surface area contributed by atoms with Crippen LogP contribution in [0.3, 0.4) is 0 Å². The van der Waals surface area contributed by atoms with E-state index in [-0.39, 0.29) is 18.2 Å². The summed E-state index contributed by atoms with van der Waals surface area (Å²) < 4.78 is 11.0. The second-order valence-corrected chi connectivity index (χ2v) is 12.1. The highest BCUT2D eigenvalue weighted by molar-refractivity contribution is 5.70. The molecule has 4 aliphatic rings. The van der Waals surface area contributed by atoms with Gasteiger partial charge >= 0.3 is 12.2 Å². The van der Waals surface area contributed by atoms with Gasteiger partial charge in [-0.15, -0.1) is 0 Å². The minimum absolute atomic E-state index is 0.101. The normalized spacial score (nSPS) is 29.3. The molecule has 1 unspecified atom stereocenters. The maximum atomic E-state index is 13.1. The van der Waals surface area contributed by atoms with E-state index in [9.17, 15) is 9.59 Å². The third-order valence-corrected chi connectivity index (χ3v) is 8.52. The summed E-state index contributed by atoms with van der Waals surface area (Å²) in [4.78, 5) is 31.8. The zero-order valence-electron chi connectivity index (χ0n) is 21.8. The molecule has 1 aliphatic carbocycles. The lowest BCUT2D eigenvalue weighted by Gasteiger charge is -2.52. The molecule has 7 nitrogen and oxygen atoms in total. The van der Waals surface area contributed by atoms with Crippen molar-refractivity contribution < 1.29 is 19.1 Å². The molecule has 192 valence electrons. The van der Waals surface area contributed by atoms with Crippen molar-refractivity contribution in [2.75, 3.05) is 32.8 Å². The number of amides is 2. The Hall–Kier alpha value is -2.28. The molecule has 1 aromatic rings. The monoisotopic (exact) mass is 483 g/mol. The number of hydrogen-bond donors (Lipinski definition) is 0. The summed E-state index contributed by atoms with van der Waals surface area (Å²) in [6, 6.07) is 9.22. The first-order valence-electron chi connectivity index (χ1n) is 13.4. The van der Waals surface area contributed by atoms with Gasteiger partial charge in [-0.05, 0) is 95.3 Å². The fourth-order valence-electron chi connectivity index (χ4n) is 6.86. The van der Waals surface area contributed by atoms with Crippen molar-refractivity contribution in [2.24, 2.45) is 11.3 Å². The van der Waals surface area contributed by atoms with Crippen LogP contribution in [0.15, 0.2) is 24.3 Å². The Labute approximate surface area is 209 Å². The zero-order chi connectivity index (χ0) is 24.8. The van der Waals surface area contributed by atoms with Gasteiger partial charge in [0.15, 0.2) is 0 Å². The first-order valence-corrected chi connectivity index (χ1v) is 13.4. The van der Waals surface area contributed by atoms with Crippen LogP contribution in [-0.2, 0) is 16.0 Å². The number of carbonyl (C=O) groups is 2. The van der Waals surface area contributed by atoms with E-state index in [4.69, 9.17) is 9.47 Å². The van der Waals surface area contributed by atoms with Gasteiger partial charge in [0.2, 0.25) is 0 Å². The van der Waals surface area contributed by atoms with Crippen LogP contribution in [0.5, 0.6) is 0 Å². The minimum atomic E-state index is -0.497. The fourth-order valence-corrected chi connectivity index (χ4v) is 6.86.